The predicted molar refractivity (Wildman–Crippen MR) is 72.1 cm³/mol. The topological polar surface area (TPSA) is 43.1 Å². The highest BCUT2D eigenvalue weighted by Gasteiger charge is 2.10. The highest BCUT2D eigenvalue weighted by molar-refractivity contribution is 7.84. The fraction of sp³-hybridized carbons (Fsp3) is 0.143. The van der Waals surface area contributed by atoms with E-state index in [4.69, 9.17) is 5.73 Å². The Bertz CT molecular complexity index is 598. The van der Waals surface area contributed by atoms with E-state index in [1.54, 1.807) is 0 Å². The van der Waals surface area contributed by atoms with Crippen LogP contribution in [0.3, 0.4) is 0 Å². The maximum atomic E-state index is 13.1. The fourth-order valence-corrected chi connectivity index (χ4v) is 2.95. The molecule has 2 aromatic carbocycles. The number of benzene rings is 2. The average molecular weight is 263 g/mol. The van der Waals surface area contributed by atoms with Crippen LogP contribution in [-0.2, 0) is 16.6 Å². The van der Waals surface area contributed by atoms with Gasteiger partial charge in [0, 0.05) is 5.69 Å². The van der Waals surface area contributed by atoms with Crippen molar-refractivity contribution in [3.05, 3.63) is 59.4 Å². The number of hydrogen-bond acceptors (Lipinski definition) is 2. The van der Waals surface area contributed by atoms with Gasteiger partial charge in [-0.1, -0.05) is 29.8 Å². The quantitative estimate of drug-likeness (QED) is 0.865. The third-order valence-corrected chi connectivity index (χ3v) is 4.04. The third-order valence-electron chi connectivity index (χ3n) is 2.60. The van der Waals surface area contributed by atoms with E-state index in [-0.39, 0.29) is 0 Å². The summed E-state index contributed by atoms with van der Waals surface area (Å²) in [6, 6.07) is 11.7. The summed E-state index contributed by atoms with van der Waals surface area (Å²) in [5, 5.41) is 0. The molecule has 18 heavy (non-hydrogen) atoms. The van der Waals surface area contributed by atoms with Gasteiger partial charge in [0.1, 0.15) is 5.82 Å². The van der Waals surface area contributed by atoms with Crippen molar-refractivity contribution in [2.75, 3.05) is 5.73 Å². The van der Waals surface area contributed by atoms with Gasteiger partial charge in [-0.05, 0) is 30.7 Å². The molecule has 1 unspecified atom stereocenters. The van der Waals surface area contributed by atoms with Crippen molar-refractivity contribution in [2.24, 2.45) is 0 Å². The second-order valence-electron chi connectivity index (χ2n) is 4.16. The molecule has 94 valence electrons. The highest BCUT2D eigenvalue weighted by Crippen LogP contribution is 2.20. The normalized spacial score (nSPS) is 12.3. The van der Waals surface area contributed by atoms with Gasteiger partial charge in [-0.25, -0.2) is 4.39 Å². The molecule has 2 nitrogen and oxygen atoms in total. The summed E-state index contributed by atoms with van der Waals surface area (Å²) in [5.41, 5.74) is 8.14. The van der Waals surface area contributed by atoms with Crippen molar-refractivity contribution >= 4 is 16.5 Å². The number of nitrogens with two attached hydrogens (primary N) is 1. The maximum absolute atomic E-state index is 13.1. The molecule has 0 saturated heterocycles. The van der Waals surface area contributed by atoms with E-state index in [0.29, 0.717) is 16.3 Å². The fourth-order valence-electron chi connectivity index (χ4n) is 1.74. The number of aryl methyl sites for hydroxylation is 1. The average Bonchev–Trinajstić information content (AvgIpc) is 2.32. The molecule has 0 saturated carbocycles. The SMILES string of the molecule is Cc1cccc(CS(=O)c2cc(F)ccc2N)c1. The minimum Gasteiger partial charge on any atom is -0.398 e. The zero-order chi connectivity index (χ0) is 13.1. The smallest absolute Gasteiger partial charge is 0.124 e. The zero-order valence-corrected chi connectivity index (χ0v) is 10.8. The number of anilines is 1. The van der Waals surface area contributed by atoms with E-state index in [0.717, 1.165) is 11.1 Å². The first-order valence-electron chi connectivity index (χ1n) is 5.55. The Morgan fingerprint density at radius 2 is 2.00 bits per heavy atom. The van der Waals surface area contributed by atoms with Gasteiger partial charge in [-0.15, -0.1) is 0 Å². The first kappa shape index (κ1) is 12.8. The molecule has 0 aliphatic heterocycles. The van der Waals surface area contributed by atoms with Crippen LogP contribution in [0.15, 0.2) is 47.4 Å². The van der Waals surface area contributed by atoms with E-state index in [9.17, 15) is 8.60 Å². The molecular weight excluding hydrogens is 249 g/mol. The van der Waals surface area contributed by atoms with E-state index in [1.807, 2.05) is 31.2 Å². The van der Waals surface area contributed by atoms with Gasteiger partial charge in [0.15, 0.2) is 0 Å². The summed E-state index contributed by atoms with van der Waals surface area (Å²) < 4.78 is 25.3. The lowest BCUT2D eigenvalue weighted by molar-refractivity contribution is 0.623. The molecule has 1 atom stereocenters. The second-order valence-corrected chi connectivity index (χ2v) is 5.58. The Balaban J connectivity index is 2.24. The van der Waals surface area contributed by atoms with Crippen molar-refractivity contribution < 1.29 is 8.60 Å². The van der Waals surface area contributed by atoms with Crippen LogP contribution >= 0.6 is 0 Å². The molecule has 2 rings (SSSR count). The Hall–Kier alpha value is -1.68. The second kappa shape index (κ2) is 5.31. The zero-order valence-electron chi connectivity index (χ0n) is 10.0. The van der Waals surface area contributed by atoms with Gasteiger partial charge >= 0.3 is 0 Å². The molecule has 0 aliphatic rings. The number of rotatable bonds is 3. The largest absolute Gasteiger partial charge is 0.398 e. The molecule has 0 aromatic heterocycles. The molecular formula is C14H14FNOS. The summed E-state index contributed by atoms with van der Waals surface area (Å²) in [5.74, 6) is -0.0770. The summed E-state index contributed by atoms with van der Waals surface area (Å²) in [4.78, 5) is 0.358. The predicted octanol–water partition coefficient (Wildman–Crippen LogP) is 3.02. The third kappa shape index (κ3) is 2.96. The summed E-state index contributed by atoms with van der Waals surface area (Å²) in [6.45, 7) is 1.98. The Kier molecular flexibility index (Phi) is 3.77. The van der Waals surface area contributed by atoms with Gasteiger partial charge in [0.2, 0.25) is 0 Å². The van der Waals surface area contributed by atoms with E-state index in [2.05, 4.69) is 0 Å². The molecule has 0 spiro atoms. The van der Waals surface area contributed by atoms with Gasteiger partial charge in [-0.3, -0.25) is 4.21 Å². The van der Waals surface area contributed by atoms with Crippen molar-refractivity contribution in [3.8, 4) is 0 Å². The van der Waals surface area contributed by atoms with Crippen LogP contribution in [0, 0.1) is 12.7 Å². The van der Waals surface area contributed by atoms with Crippen molar-refractivity contribution in [1.82, 2.24) is 0 Å². The molecule has 0 aliphatic carbocycles. The van der Waals surface area contributed by atoms with Gasteiger partial charge in [-0.2, -0.15) is 0 Å². The summed E-state index contributed by atoms with van der Waals surface area (Å²) in [6.07, 6.45) is 0. The van der Waals surface area contributed by atoms with Gasteiger partial charge in [0.05, 0.1) is 21.4 Å². The molecule has 0 heterocycles. The lowest BCUT2D eigenvalue weighted by Crippen LogP contribution is -2.01. The van der Waals surface area contributed by atoms with Crippen molar-refractivity contribution in [1.29, 1.82) is 0 Å². The number of halogens is 1. The monoisotopic (exact) mass is 263 g/mol. The van der Waals surface area contributed by atoms with Crippen molar-refractivity contribution in [3.63, 3.8) is 0 Å². The van der Waals surface area contributed by atoms with Gasteiger partial charge in [0.25, 0.3) is 0 Å². The van der Waals surface area contributed by atoms with Crippen LogP contribution in [0.5, 0.6) is 0 Å². The maximum Gasteiger partial charge on any atom is 0.124 e. The van der Waals surface area contributed by atoms with Crippen LogP contribution in [0.2, 0.25) is 0 Å². The van der Waals surface area contributed by atoms with Crippen LogP contribution in [-0.4, -0.2) is 4.21 Å². The van der Waals surface area contributed by atoms with Crippen LogP contribution in [0.4, 0.5) is 10.1 Å². The molecule has 2 N–H and O–H groups in total. The Labute approximate surface area is 108 Å². The molecule has 2 aromatic rings. The van der Waals surface area contributed by atoms with E-state index >= 15 is 0 Å². The molecule has 0 fully saturated rings. The van der Waals surface area contributed by atoms with E-state index < -0.39 is 16.6 Å². The lowest BCUT2D eigenvalue weighted by Gasteiger charge is -2.06. The Morgan fingerprint density at radius 3 is 2.72 bits per heavy atom. The summed E-state index contributed by atoms with van der Waals surface area (Å²) in [7, 11) is -1.33. The molecule has 0 bridgehead atoms. The molecule has 0 radical (unpaired) electrons. The molecule has 0 amide bonds. The standard InChI is InChI=1S/C14H14FNOS/c1-10-3-2-4-11(7-10)9-18(17)14-8-12(15)5-6-13(14)16/h2-8H,9,16H2,1H3. The molecule has 4 heteroatoms. The number of hydrogen-bond donors (Lipinski definition) is 1. The first-order valence-corrected chi connectivity index (χ1v) is 6.87. The lowest BCUT2D eigenvalue weighted by atomic mass is 10.2. The Morgan fingerprint density at radius 1 is 1.22 bits per heavy atom. The highest BCUT2D eigenvalue weighted by atomic mass is 32.2. The summed E-state index contributed by atoms with van der Waals surface area (Å²) >= 11 is 0. The number of nitrogen functional groups attached to an aromatic ring is 1. The first-order chi connectivity index (χ1) is 8.56. The van der Waals surface area contributed by atoms with Gasteiger partial charge < -0.3 is 5.73 Å². The minimum absolute atomic E-state index is 0.343. The van der Waals surface area contributed by atoms with Crippen LogP contribution < -0.4 is 5.73 Å². The van der Waals surface area contributed by atoms with Crippen LogP contribution in [0.1, 0.15) is 11.1 Å². The van der Waals surface area contributed by atoms with E-state index in [1.165, 1.54) is 18.2 Å². The minimum atomic E-state index is -1.33. The van der Waals surface area contributed by atoms with Crippen LogP contribution in [0.25, 0.3) is 0 Å². The van der Waals surface area contributed by atoms with Crippen molar-refractivity contribution in [2.45, 2.75) is 17.6 Å².